The molecule has 122 valence electrons. The molecule has 1 aliphatic carbocycles. The van der Waals surface area contributed by atoms with Crippen molar-refractivity contribution in [2.75, 3.05) is 7.11 Å². The first-order chi connectivity index (χ1) is 10.6. The summed E-state index contributed by atoms with van der Waals surface area (Å²) in [5, 5.41) is 3.23. The molecular formula is C19H29NO2. The number of aryl methyl sites for hydroxylation is 2. The van der Waals surface area contributed by atoms with Crippen LogP contribution in [0.15, 0.2) is 18.2 Å². The predicted molar refractivity (Wildman–Crippen MR) is 90.2 cm³/mol. The van der Waals surface area contributed by atoms with E-state index in [1.807, 2.05) is 6.07 Å². The molecule has 2 rings (SSSR count). The van der Waals surface area contributed by atoms with E-state index in [2.05, 4.69) is 31.3 Å². The van der Waals surface area contributed by atoms with Crippen LogP contribution in [-0.4, -0.2) is 19.1 Å². The molecule has 1 aliphatic rings. The molecule has 0 bridgehead atoms. The number of ether oxygens (including phenoxy) is 1. The summed E-state index contributed by atoms with van der Waals surface area (Å²) in [6.07, 6.45) is 7.41. The van der Waals surface area contributed by atoms with Gasteiger partial charge in [-0.05, 0) is 55.7 Å². The zero-order valence-corrected chi connectivity index (χ0v) is 14.2. The van der Waals surface area contributed by atoms with Gasteiger partial charge in [0.15, 0.2) is 0 Å². The van der Waals surface area contributed by atoms with Crippen molar-refractivity contribution in [3.8, 4) is 5.75 Å². The number of nitrogens with one attached hydrogen (secondary N) is 1. The van der Waals surface area contributed by atoms with Crippen molar-refractivity contribution in [3.63, 3.8) is 0 Å². The SMILES string of the molecule is COc1ccc(CCCC(=O)N[C@H]2CCCC[C@@H]2C)cc1C. The van der Waals surface area contributed by atoms with Gasteiger partial charge in [-0.1, -0.05) is 31.9 Å². The highest BCUT2D eigenvalue weighted by molar-refractivity contribution is 5.76. The Balaban J connectivity index is 1.73. The van der Waals surface area contributed by atoms with Crippen LogP contribution in [0.2, 0.25) is 0 Å². The molecular weight excluding hydrogens is 274 g/mol. The zero-order valence-electron chi connectivity index (χ0n) is 14.2. The average Bonchev–Trinajstić information content (AvgIpc) is 2.50. The summed E-state index contributed by atoms with van der Waals surface area (Å²) >= 11 is 0. The highest BCUT2D eigenvalue weighted by Crippen LogP contribution is 2.24. The second-order valence-corrected chi connectivity index (χ2v) is 6.59. The molecule has 1 fully saturated rings. The lowest BCUT2D eigenvalue weighted by Gasteiger charge is -2.29. The molecule has 0 aromatic heterocycles. The lowest BCUT2D eigenvalue weighted by atomic mass is 9.86. The van der Waals surface area contributed by atoms with Crippen LogP contribution in [-0.2, 0) is 11.2 Å². The number of hydrogen-bond acceptors (Lipinski definition) is 2. The summed E-state index contributed by atoms with van der Waals surface area (Å²) in [5.41, 5.74) is 2.43. The smallest absolute Gasteiger partial charge is 0.220 e. The quantitative estimate of drug-likeness (QED) is 0.862. The number of rotatable bonds is 6. The molecule has 3 nitrogen and oxygen atoms in total. The Bertz CT molecular complexity index is 498. The molecule has 22 heavy (non-hydrogen) atoms. The van der Waals surface area contributed by atoms with E-state index in [1.165, 1.54) is 24.8 Å². The van der Waals surface area contributed by atoms with Crippen molar-refractivity contribution in [3.05, 3.63) is 29.3 Å². The van der Waals surface area contributed by atoms with Crippen LogP contribution in [0.4, 0.5) is 0 Å². The molecule has 0 aliphatic heterocycles. The van der Waals surface area contributed by atoms with Crippen molar-refractivity contribution in [1.82, 2.24) is 5.32 Å². The summed E-state index contributed by atoms with van der Waals surface area (Å²) in [6.45, 7) is 4.31. The molecule has 1 N–H and O–H groups in total. The first-order valence-corrected chi connectivity index (χ1v) is 8.53. The standard InChI is InChI=1S/C19H29NO2/c1-14-7-4-5-9-17(14)20-19(21)10-6-8-16-11-12-18(22-3)15(2)13-16/h11-14,17H,4-10H2,1-3H3,(H,20,21)/t14-,17-/m0/s1. The summed E-state index contributed by atoms with van der Waals surface area (Å²) in [4.78, 5) is 12.1. The summed E-state index contributed by atoms with van der Waals surface area (Å²) in [5.74, 6) is 1.76. The number of carbonyl (C=O) groups excluding carboxylic acids is 1. The van der Waals surface area contributed by atoms with E-state index in [4.69, 9.17) is 4.74 Å². The molecule has 1 aromatic rings. The van der Waals surface area contributed by atoms with Crippen LogP contribution in [0.5, 0.6) is 5.75 Å². The normalized spacial score (nSPS) is 21.4. The number of methoxy groups -OCH3 is 1. The predicted octanol–water partition coefficient (Wildman–Crippen LogP) is 4.02. The van der Waals surface area contributed by atoms with E-state index < -0.39 is 0 Å². The summed E-state index contributed by atoms with van der Waals surface area (Å²) < 4.78 is 5.27. The van der Waals surface area contributed by atoms with Crippen LogP contribution in [0.1, 0.15) is 56.6 Å². The fourth-order valence-corrected chi connectivity index (χ4v) is 3.36. The first kappa shape index (κ1) is 16.9. The van der Waals surface area contributed by atoms with Crippen LogP contribution in [0, 0.1) is 12.8 Å². The number of benzene rings is 1. The maximum atomic E-state index is 12.1. The Kier molecular flexibility index (Phi) is 6.29. The Labute approximate surface area is 134 Å². The topological polar surface area (TPSA) is 38.3 Å². The van der Waals surface area contributed by atoms with E-state index in [0.29, 0.717) is 18.4 Å². The summed E-state index contributed by atoms with van der Waals surface area (Å²) in [7, 11) is 1.69. The van der Waals surface area contributed by atoms with E-state index in [-0.39, 0.29) is 5.91 Å². The van der Waals surface area contributed by atoms with Crippen molar-refractivity contribution >= 4 is 5.91 Å². The van der Waals surface area contributed by atoms with Gasteiger partial charge in [-0.15, -0.1) is 0 Å². The molecule has 0 spiro atoms. The Morgan fingerprint density at radius 3 is 2.77 bits per heavy atom. The lowest BCUT2D eigenvalue weighted by molar-refractivity contribution is -0.122. The van der Waals surface area contributed by atoms with Gasteiger partial charge in [0.25, 0.3) is 0 Å². The third kappa shape index (κ3) is 4.75. The maximum Gasteiger partial charge on any atom is 0.220 e. The molecule has 1 saturated carbocycles. The second-order valence-electron chi connectivity index (χ2n) is 6.59. The van der Waals surface area contributed by atoms with Gasteiger partial charge in [0.2, 0.25) is 5.91 Å². The van der Waals surface area contributed by atoms with Gasteiger partial charge in [0.05, 0.1) is 7.11 Å². The Morgan fingerprint density at radius 2 is 2.09 bits per heavy atom. The molecule has 1 aromatic carbocycles. The zero-order chi connectivity index (χ0) is 15.9. The largest absolute Gasteiger partial charge is 0.496 e. The van der Waals surface area contributed by atoms with E-state index in [1.54, 1.807) is 7.11 Å². The van der Waals surface area contributed by atoms with E-state index >= 15 is 0 Å². The van der Waals surface area contributed by atoms with Crippen LogP contribution in [0.3, 0.4) is 0 Å². The number of carbonyl (C=O) groups is 1. The Hall–Kier alpha value is -1.51. The molecule has 3 heteroatoms. The first-order valence-electron chi connectivity index (χ1n) is 8.53. The molecule has 0 saturated heterocycles. The van der Waals surface area contributed by atoms with Crippen LogP contribution < -0.4 is 10.1 Å². The average molecular weight is 303 g/mol. The second kappa shape index (κ2) is 8.21. The van der Waals surface area contributed by atoms with E-state index in [9.17, 15) is 4.79 Å². The van der Waals surface area contributed by atoms with Gasteiger partial charge < -0.3 is 10.1 Å². The minimum Gasteiger partial charge on any atom is -0.496 e. The van der Waals surface area contributed by atoms with Gasteiger partial charge >= 0.3 is 0 Å². The summed E-state index contributed by atoms with van der Waals surface area (Å²) in [6, 6.07) is 6.64. The minimum absolute atomic E-state index is 0.212. The number of hydrogen-bond donors (Lipinski definition) is 1. The van der Waals surface area contributed by atoms with Gasteiger partial charge in [-0.25, -0.2) is 0 Å². The molecule has 0 heterocycles. The van der Waals surface area contributed by atoms with Crippen molar-refractivity contribution in [2.24, 2.45) is 5.92 Å². The highest BCUT2D eigenvalue weighted by atomic mass is 16.5. The van der Waals surface area contributed by atoms with Crippen LogP contribution in [0.25, 0.3) is 0 Å². The van der Waals surface area contributed by atoms with Gasteiger partial charge in [-0.3, -0.25) is 4.79 Å². The van der Waals surface area contributed by atoms with E-state index in [0.717, 1.165) is 30.6 Å². The third-order valence-electron chi connectivity index (χ3n) is 4.79. The Morgan fingerprint density at radius 1 is 1.32 bits per heavy atom. The van der Waals surface area contributed by atoms with Crippen molar-refractivity contribution < 1.29 is 9.53 Å². The molecule has 0 unspecified atom stereocenters. The fourth-order valence-electron chi connectivity index (χ4n) is 3.36. The maximum absolute atomic E-state index is 12.1. The van der Waals surface area contributed by atoms with Gasteiger partial charge in [-0.2, -0.15) is 0 Å². The van der Waals surface area contributed by atoms with Crippen molar-refractivity contribution in [1.29, 1.82) is 0 Å². The monoisotopic (exact) mass is 303 g/mol. The third-order valence-corrected chi connectivity index (χ3v) is 4.79. The highest BCUT2D eigenvalue weighted by Gasteiger charge is 2.22. The molecule has 0 radical (unpaired) electrons. The van der Waals surface area contributed by atoms with Gasteiger partial charge in [0.1, 0.15) is 5.75 Å². The number of amides is 1. The lowest BCUT2D eigenvalue weighted by Crippen LogP contribution is -2.40. The molecule has 1 amide bonds. The fraction of sp³-hybridized carbons (Fsp3) is 0.632. The van der Waals surface area contributed by atoms with Gasteiger partial charge in [0, 0.05) is 12.5 Å². The van der Waals surface area contributed by atoms with Crippen LogP contribution >= 0.6 is 0 Å². The van der Waals surface area contributed by atoms with Crippen molar-refractivity contribution in [2.45, 2.75) is 64.8 Å². The minimum atomic E-state index is 0.212. The molecule has 2 atom stereocenters.